The highest BCUT2D eigenvalue weighted by Gasteiger charge is 2.36. The van der Waals surface area contributed by atoms with Crippen molar-refractivity contribution in [2.24, 2.45) is 0 Å². The Morgan fingerprint density at radius 2 is 1.76 bits per heavy atom. The van der Waals surface area contributed by atoms with Gasteiger partial charge in [0, 0.05) is 5.69 Å². The van der Waals surface area contributed by atoms with Crippen LogP contribution in [0.15, 0.2) is 59.5 Å². The molecule has 2 aromatic carbocycles. The molecule has 2 aromatic rings. The van der Waals surface area contributed by atoms with Crippen molar-refractivity contribution in [2.75, 3.05) is 11.9 Å². The third-order valence-electron chi connectivity index (χ3n) is 3.61. The summed E-state index contributed by atoms with van der Waals surface area (Å²) in [5.74, 6) is -0.858. The van der Waals surface area contributed by atoms with Crippen molar-refractivity contribution in [1.29, 1.82) is 0 Å². The van der Waals surface area contributed by atoms with Crippen molar-refractivity contribution in [2.45, 2.75) is 6.92 Å². The summed E-state index contributed by atoms with van der Waals surface area (Å²) in [5.41, 5.74) is 2.57. The van der Waals surface area contributed by atoms with E-state index in [0.717, 1.165) is 27.8 Å². The van der Waals surface area contributed by atoms with Crippen LogP contribution in [-0.2, 0) is 9.59 Å². The van der Waals surface area contributed by atoms with Crippen molar-refractivity contribution in [3.63, 3.8) is 0 Å². The number of aryl methyl sites for hydroxylation is 1. The predicted octanol–water partition coefficient (Wildman–Crippen LogP) is 3.67. The normalized spacial score (nSPS) is 15.7. The largest absolute Gasteiger partial charge is 0.325 e. The average Bonchev–Trinajstić information content (AvgIpc) is 2.85. The zero-order chi connectivity index (χ0) is 17.8. The van der Waals surface area contributed by atoms with Crippen LogP contribution in [0.1, 0.15) is 11.1 Å². The predicted molar refractivity (Wildman–Crippen MR) is 98.9 cm³/mol. The molecule has 25 heavy (non-hydrogen) atoms. The molecule has 5 nitrogen and oxygen atoms in total. The minimum atomic E-state index is -0.446. The lowest BCUT2D eigenvalue weighted by Crippen LogP contribution is -2.36. The van der Waals surface area contributed by atoms with Crippen molar-refractivity contribution in [3.8, 4) is 0 Å². The third kappa shape index (κ3) is 4.16. The van der Waals surface area contributed by atoms with Crippen molar-refractivity contribution < 1.29 is 14.4 Å². The summed E-state index contributed by atoms with van der Waals surface area (Å²) in [5, 5.41) is 2.23. The van der Waals surface area contributed by atoms with Crippen molar-refractivity contribution >= 4 is 40.6 Å². The Labute approximate surface area is 149 Å². The summed E-state index contributed by atoms with van der Waals surface area (Å²) in [6, 6.07) is 16.5. The molecule has 1 saturated heterocycles. The van der Waals surface area contributed by atoms with Gasteiger partial charge in [-0.15, -0.1) is 0 Å². The first-order valence-electron chi connectivity index (χ1n) is 7.70. The van der Waals surface area contributed by atoms with Crippen LogP contribution in [0.2, 0.25) is 0 Å². The minimum absolute atomic E-state index is 0.301. The molecule has 0 spiro atoms. The Morgan fingerprint density at radius 3 is 2.44 bits per heavy atom. The van der Waals surface area contributed by atoms with Crippen molar-refractivity contribution in [3.05, 3.63) is 70.6 Å². The van der Waals surface area contributed by atoms with Gasteiger partial charge in [-0.1, -0.05) is 48.0 Å². The topological polar surface area (TPSA) is 66.5 Å². The Kier molecular flexibility index (Phi) is 5.00. The van der Waals surface area contributed by atoms with Gasteiger partial charge in [-0.3, -0.25) is 19.3 Å². The Morgan fingerprint density at radius 1 is 1.08 bits per heavy atom. The van der Waals surface area contributed by atoms with Gasteiger partial charge in [0.15, 0.2) is 0 Å². The number of amides is 3. The molecule has 1 aliphatic heterocycles. The number of thioether (sulfide) groups is 1. The first-order valence-corrected chi connectivity index (χ1v) is 8.51. The van der Waals surface area contributed by atoms with Gasteiger partial charge < -0.3 is 5.32 Å². The second-order valence-electron chi connectivity index (χ2n) is 5.59. The number of anilines is 1. The molecule has 0 aliphatic carbocycles. The lowest BCUT2D eigenvalue weighted by molar-refractivity contribution is -0.127. The molecule has 0 saturated carbocycles. The van der Waals surface area contributed by atoms with Crippen LogP contribution in [0.4, 0.5) is 10.5 Å². The number of carbonyl (C=O) groups excluding carboxylic acids is 3. The molecule has 0 bridgehead atoms. The summed E-state index contributed by atoms with van der Waals surface area (Å²) < 4.78 is 0. The lowest BCUT2D eigenvalue weighted by atomic mass is 10.1. The fourth-order valence-electron chi connectivity index (χ4n) is 2.32. The number of rotatable bonds is 4. The number of benzene rings is 2. The molecule has 1 aliphatic rings. The molecule has 126 valence electrons. The molecule has 0 unspecified atom stereocenters. The van der Waals surface area contributed by atoms with Gasteiger partial charge in [0.2, 0.25) is 5.91 Å². The second kappa shape index (κ2) is 7.36. The number of para-hydroxylation sites is 1. The van der Waals surface area contributed by atoms with E-state index in [1.165, 1.54) is 0 Å². The van der Waals surface area contributed by atoms with Crippen LogP contribution in [0.25, 0.3) is 6.08 Å². The standard InChI is InChI=1S/C19H16N2O3S/c1-13-7-9-14(10-8-13)11-16-18(23)21(19(24)25-16)12-17(22)20-15-5-3-2-4-6-15/h2-11H,12H2,1H3,(H,20,22)/b16-11+. The lowest BCUT2D eigenvalue weighted by Gasteiger charge is -2.12. The molecule has 0 atom stereocenters. The molecular formula is C19H16N2O3S. The maximum absolute atomic E-state index is 12.4. The van der Waals surface area contributed by atoms with Crippen LogP contribution in [-0.4, -0.2) is 28.5 Å². The summed E-state index contributed by atoms with van der Waals surface area (Å²) in [6.45, 7) is 1.67. The maximum Gasteiger partial charge on any atom is 0.294 e. The SMILES string of the molecule is Cc1ccc(/C=C2/SC(=O)N(CC(=O)Nc3ccccc3)C2=O)cc1. The third-order valence-corrected chi connectivity index (χ3v) is 4.52. The Hall–Kier alpha value is -2.86. The van der Waals surface area contributed by atoms with Gasteiger partial charge >= 0.3 is 0 Å². The van der Waals surface area contributed by atoms with E-state index in [0.29, 0.717) is 10.6 Å². The van der Waals surface area contributed by atoms with E-state index in [1.54, 1.807) is 30.3 Å². The fourth-order valence-corrected chi connectivity index (χ4v) is 3.15. The molecule has 3 rings (SSSR count). The van der Waals surface area contributed by atoms with Gasteiger partial charge in [-0.05, 0) is 42.5 Å². The quantitative estimate of drug-likeness (QED) is 0.853. The second-order valence-corrected chi connectivity index (χ2v) is 6.59. The monoisotopic (exact) mass is 352 g/mol. The first-order chi connectivity index (χ1) is 12.0. The molecule has 1 N–H and O–H groups in total. The van der Waals surface area contributed by atoms with E-state index >= 15 is 0 Å². The van der Waals surface area contributed by atoms with Crippen LogP contribution < -0.4 is 5.32 Å². The Bertz CT molecular complexity index is 845. The zero-order valence-corrected chi connectivity index (χ0v) is 14.4. The fraction of sp³-hybridized carbons (Fsp3) is 0.105. The highest BCUT2D eigenvalue weighted by atomic mass is 32.2. The highest BCUT2D eigenvalue weighted by molar-refractivity contribution is 8.18. The average molecular weight is 352 g/mol. The number of nitrogens with zero attached hydrogens (tertiary/aromatic N) is 1. The molecule has 3 amide bonds. The molecule has 0 aromatic heterocycles. The summed E-state index contributed by atoms with van der Waals surface area (Å²) >= 11 is 0.848. The number of hydrogen-bond acceptors (Lipinski definition) is 4. The van der Waals surface area contributed by atoms with Gasteiger partial charge in [0.05, 0.1) is 4.91 Å². The van der Waals surface area contributed by atoms with Crippen LogP contribution in [0.3, 0.4) is 0 Å². The molecule has 0 radical (unpaired) electrons. The molecule has 1 fully saturated rings. The zero-order valence-electron chi connectivity index (χ0n) is 13.6. The van der Waals surface area contributed by atoms with E-state index in [4.69, 9.17) is 0 Å². The van der Waals surface area contributed by atoms with Crippen LogP contribution in [0.5, 0.6) is 0 Å². The van der Waals surface area contributed by atoms with Gasteiger partial charge in [0.25, 0.3) is 11.1 Å². The van der Waals surface area contributed by atoms with E-state index in [1.807, 2.05) is 37.3 Å². The number of hydrogen-bond donors (Lipinski definition) is 1. The first kappa shape index (κ1) is 17.0. The number of carbonyl (C=O) groups is 3. The van der Waals surface area contributed by atoms with Gasteiger partial charge in [-0.2, -0.15) is 0 Å². The van der Waals surface area contributed by atoms with Crippen LogP contribution in [0, 0.1) is 6.92 Å². The highest BCUT2D eigenvalue weighted by Crippen LogP contribution is 2.32. The van der Waals surface area contributed by atoms with Gasteiger partial charge in [0.1, 0.15) is 6.54 Å². The van der Waals surface area contributed by atoms with E-state index < -0.39 is 17.1 Å². The molecular weight excluding hydrogens is 336 g/mol. The van der Waals surface area contributed by atoms with Gasteiger partial charge in [-0.25, -0.2) is 0 Å². The molecule has 1 heterocycles. The summed E-state index contributed by atoms with van der Waals surface area (Å²) in [7, 11) is 0. The molecule has 6 heteroatoms. The van der Waals surface area contributed by atoms with Crippen molar-refractivity contribution in [1.82, 2.24) is 4.90 Å². The van der Waals surface area contributed by atoms with E-state index in [-0.39, 0.29) is 6.54 Å². The van der Waals surface area contributed by atoms with Crippen LogP contribution >= 0.6 is 11.8 Å². The summed E-state index contributed by atoms with van der Waals surface area (Å²) in [4.78, 5) is 37.8. The summed E-state index contributed by atoms with van der Waals surface area (Å²) in [6.07, 6.45) is 1.67. The number of imide groups is 1. The van der Waals surface area contributed by atoms with E-state index in [9.17, 15) is 14.4 Å². The Balaban J connectivity index is 1.69. The number of nitrogens with one attached hydrogen (secondary N) is 1. The smallest absolute Gasteiger partial charge is 0.294 e. The van der Waals surface area contributed by atoms with E-state index in [2.05, 4.69) is 5.32 Å². The maximum atomic E-state index is 12.4. The minimum Gasteiger partial charge on any atom is -0.325 e.